The highest BCUT2D eigenvalue weighted by atomic mass is 15.2. The minimum absolute atomic E-state index is 0.315. The van der Waals surface area contributed by atoms with Gasteiger partial charge in [0.1, 0.15) is 0 Å². The second-order valence-corrected chi connectivity index (χ2v) is 5.30. The van der Waals surface area contributed by atoms with Gasteiger partial charge in [-0.15, -0.1) is 0 Å². The third kappa shape index (κ3) is 4.13. The van der Waals surface area contributed by atoms with Gasteiger partial charge in [0.2, 0.25) is 0 Å². The van der Waals surface area contributed by atoms with Crippen LogP contribution in [0.3, 0.4) is 0 Å². The lowest BCUT2D eigenvalue weighted by Crippen LogP contribution is -2.41. The molecule has 3 nitrogen and oxygen atoms in total. The Kier molecular flexibility index (Phi) is 5.90. The van der Waals surface area contributed by atoms with E-state index >= 15 is 0 Å². The smallest absolute Gasteiger partial charge is 0.0544 e. The summed E-state index contributed by atoms with van der Waals surface area (Å²) < 4.78 is 0. The van der Waals surface area contributed by atoms with Gasteiger partial charge in [0.25, 0.3) is 0 Å². The van der Waals surface area contributed by atoms with Gasteiger partial charge in [-0.25, -0.2) is 0 Å². The second kappa shape index (κ2) is 7.91. The van der Waals surface area contributed by atoms with Crippen molar-refractivity contribution < 1.29 is 0 Å². The standard InChI is InChI=1S/C18H25N3/c1-4-21(14-17-12-8-9-13-20-17)15(2)18(19-3)16-10-6-5-7-11-16/h5-13,15,18-19H,4,14H2,1-3H3. The van der Waals surface area contributed by atoms with E-state index in [1.54, 1.807) is 0 Å². The molecular weight excluding hydrogens is 258 g/mol. The predicted octanol–water partition coefficient (Wildman–Crippen LogP) is 3.25. The van der Waals surface area contributed by atoms with E-state index in [1.165, 1.54) is 5.56 Å². The highest BCUT2D eigenvalue weighted by Gasteiger charge is 2.23. The summed E-state index contributed by atoms with van der Waals surface area (Å²) in [7, 11) is 2.03. The van der Waals surface area contributed by atoms with Crippen molar-refractivity contribution >= 4 is 0 Å². The highest BCUT2D eigenvalue weighted by Crippen LogP contribution is 2.21. The first-order valence-electron chi connectivity index (χ1n) is 7.62. The van der Waals surface area contributed by atoms with Gasteiger partial charge in [0.15, 0.2) is 0 Å². The van der Waals surface area contributed by atoms with Crippen LogP contribution in [0.1, 0.15) is 31.1 Å². The second-order valence-electron chi connectivity index (χ2n) is 5.30. The Bertz CT molecular complexity index is 513. The molecule has 1 heterocycles. The van der Waals surface area contributed by atoms with Crippen LogP contribution in [-0.4, -0.2) is 29.5 Å². The number of benzene rings is 1. The fourth-order valence-corrected chi connectivity index (χ4v) is 2.80. The Hall–Kier alpha value is -1.71. The first-order chi connectivity index (χ1) is 10.3. The van der Waals surface area contributed by atoms with Gasteiger partial charge in [0.05, 0.1) is 5.69 Å². The fourth-order valence-electron chi connectivity index (χ4n) is 2.80. The number of likely N-dealkylation sites (N-methyl/N-ethyl adjacent to an activating group) is 2. The lowest BCUT2D eigenvalue weighted by Gasteiger charge is -2.34. The van der Waals surface area contributed by atoms with Crippen molar-refractivity contribution in [1.29, 1.82) is 0 Å². The monoisotopic (exact) mass is 283 g/mol. The number of hydrogen-bond donors (Lipinski definition) is 1. The fraction of sp³-hybridized carbons (Fsp3) is 0.389. The van der Waals surface area contributed by atoms with Crippen LogP contribution >= 0.6 is 0 Å². The molecule has 21 heavy (non-hydrogen) atoms. The van der Waals surface area contributed by atoms with Crippen LogP contribution in [-0.2, 0) is 6.54 Å². The molecule has 0 radical (unpaired) electrons. The minimum Gasteiger partial charge on any atom is -0.312 e. The molecule has 0 fully saturated rings. The van der Waals surface area contributed by atoms with Gasteiger partial charge < -0.3 is 5.32 Å². The Labute approximate surface area is 128 Å². The van der Waals surface area contributed by atoms with E-state index in [1.807, 2.05) is 25.4 Å². The maximum Gasteiger partial charge on any atom is 0.0544 e. The molecule has 2 aromatic rings. The van der Waals surface area contributed by atoms with Crippen molar-refractivity contribution in [3.8, 4) is 0 Å². The third-order valence-electron chi connectivity index (χ3n) is 4.03. The first-order valence-corrected chi connectivity index (χ1v) is 7.62. The Morgan fingerprint density at radius 3 is 2.38 bits per heavy atom. The molecule has 2 unspecified atom stereocenters. The number of rotatable bonds is 7. The SMILES string of the molecule is CCN(Cc1ccccn1)C(C)C(NC)c1ccccc1. The maximum atomic E-state index is 4.44. The van der Waals surface area contributed by atoms with Crippen LogP contribution in [0.15, 0.2) is 54.7 Å². The zero-order valence-corrected chi connectivity index (χ0v) is 13.2. The van der Waals surface area contributed by atoms with Gasteiger partial charge in [-0.05, 0) is 38.2 Å². The average Bonchev–Trinajstić information content (AvgIpc) is 2.55. The quantitative estimate of drug-likeness (QED) is 0.845. The van der Waals surface area contributed by atoms with E-state index in [-0.39, 0.29) is 0 Å². The summed E-state index contributed by atoms with van der Waals surface area (Å²) in [4.78, 5) is 6.90. The molecule has 0 bridgehead atoms. The van der Waals surface area contributed by atoms with Crippen LogP contribution in [0, 0.1) is 0 Å². The molecule has 1 aromatic heterocycles. The van der Waals surface area contributed by atoms with Crippen LogP contribution in [0.5, 0.6) is 0 Å². The first kappa shape index (κ1) is 15.7. The maximum absolute atomic E-state index is 4.44. The molecule has 0 amide bonds. The van der Waals surface area contributed by atoms with Crippen molar-refractivity contribution in [3.05, 3.63) is 66.0 Å². The summed E-state index contributed by atoms with van der Waals surface area (Å²) in [5.41, 5.74) is 2.45. The van der Waals surface area contributed by atoms with E-state index in [9.17, 15) is 0 Å². The molecule has 3 heteroatoms. The molecule has 112 valence electrons. The zero-order valence-electron chi connectivity index (χ0n) is 13.2. The van der Waals surface area contributed by atoms with Crippen molar-refractivity contribution in [2.24, 2.45) is 0 Å². The molecule has 0 spiro atoms. The summed E-state index contributed by atoms with van der Waals surface area (Å²) in [6.45, 7) is 6.37. The molecule has 1 aromatic carbocycles. The lowest BCUT2D eigenvalue weighted by atomic mass is 9.99. The molecule has 2 atom stereocenters. The van der Waals surface area contributed by atoms with Gasteiger partial charge in [-0.3, -0.25) is 9.88 Å². The molecule has 2 rings (SSSR count). The molecule has 0 aliphatic rings. The normalized spacial score (nSPS) is 14.1. The Morgan fingerprint density at radius 2 is 1.81 bits per heavy atom. The van der Waals surface area contributed by atoms with Crippen molar-refractivity contribution in [2.75, 3.05) is 13.6 Å². The van der Waals surface area contributed by atoms with E-state index < -0.39 is 0 Å². The molecule has 0 saturated carbocycles. The van der Waals surface area contributed by atoms with Gasteiger partial charge >= 0.3 is 0 Å². The van der Waals surface area contributed by atoms with E-state index in [4.69, 9.17) is 0 Å². The molecule has 0 saturated heterocycles. The number of nitrogens with one attached hydrogen (secondary N) is 1. The van der Waals surface area contributed by atoms with Crippen LogP contribution < -0.4 is 5.32 Å². The molecular formula is C18H25N3. The van der Waals surface area contributed by atoms with Crippen molar-refractivity contribution in [3.63, 3.8) is 0 Å². The third-order valence-corrected chi connectivity index (χ3v) is 4.03. The summed E-state index contributed by atoms with van der Waals surface area (Å²) in [5, 5.41) is 3.46. The highest BCUT2D eigenvalue weighted by molar-refractivity contribution is 5.20. The van der Waals surface area contributed by atoms with Crippen molar-refractivity contribution in [2.45, 2.75) is 32.5 Å². The number of pyridine rings is 1. The predicted molar refractivity (Wildman–Crippen MR) is 88.0 cm³/mol. The van der Waals surface area contributed by atoms with E-state index in [2.05, 4.69) is 65.4 Å². The largest absolute Gasteiger partial charge is 0.312 e. The minimum atomic E-state index is 0.315. The summed E-state index contributed by atoms with van der Waals surface area (Å²) in [6, 6.07) is 17.4. The van der Waals surface area contributed by atoms with Crippen molar-refractivity contribution in [1.82, 2.24) is 15.2 Å². The summed E-state index contributed by atoms with van der Waals surface area (Å²) in [6.07, 6.45) is 1.86. The van der Waals surface area contributed by atoms with E-state index in [0.29, 0.717) is 12.1 Å². The Balaban J connectivity index is 2.12. The summed E-state index contributed by atoms with van der Waals surface area (Å²) >= 11 is 0. The lowest BCUT2D eigenvalue weighted by molar-refractivity contribution is 0.171. The molecule has 1 N–H and O–H groups in total. The number of nitrogens with zero attached hydrogens (tertiary/aromatic N) is 2. The zero-order chi connectivity index (χ0) is 15.1. The van der Waals surface area contributed by atoms with Crippen LogP contribution in [0.4, 0.5) is 0 Å². The van der Waals surface area contributed by atoms with Gasteiger partial charge in [0, 0.05) is 24.8 Å². The molecule has 0 aliphatic heterocycles. The Morgan fingerprint density at radius 1 is 1.10 bits per heavy atom. The average molecular weight is 283 g/mol. The van der Waals surface area contributed by atoms with Crippen LogP contribution in [0.25, 0.3) is 0 Å². The number of aromatic nitrogens is 1. The van der Waals surface area contributed by atoms with E-state index in [0.717, 1.165) is 18.8 Å². The molecule has 0 aliphatic carbocycles. The topological polar surface area (TPSA) is 28.2 Å². The number of hydrogen-bond acceptors (Lipinski definition) is 3. The van der Waals surface area contributed by atoms with Gasteiger partial charge in [-0.2, -0.15) is 0 Å². The van der Waals surface area contributed by atoms with Gasteiger partial charge in [-0.1, -0.05) is 43.3 Å². The van der Waals surface area contributed by atoms with Crippen LogP contribution in [0.2, 0.25) is 0 Å². The summed E-state index contributed by atoms with van der Waals surface area (Å²) in [5.74, 6) is 0.